The molecule has 1 saturated heterocycles. The molecule has 15 heavy (non-hydrogen) atoms. The van der Waals surface area contributed by atoms with Crippen LogP contribution in [0.5, 0.6) is 0 Å². The van der Waals surface area contributed by atoms with Crippen LogP contribution in [0.15, 0.2) is 0 Å². The molecule has 2 nitrogen and oxygen atoms in total. The topological polar surface area (TPSA) is 15.3 Å². The third kappa shape index (κ3) is 3.76. The molecule has 0 aromatic rings. The number of hydrogen-bond acceptors (Lipinski definition) is 2. The van der Waals surface area contributed by atoms with Crippen molar-refractivity contribution in [3.05, 3.63) is 0 Å². The van der Waals surface area contributed by atoms with Gasteiger partial charge in [0.1, 0.15) is 0 Å². The van der Waals surface area contributed by atoms with Gasteiger partial charge in [-0.1, -0.05) is 0 Å². The normalized spacial score (nSPS) is 26.8. The van der Waals surface area contributed by atoms with Gasteiger partial charge in [0.15, 0.2) is 0 Å². The van der Waals surface area contributed by atoms with Gasteiger partial charge in [0.05, 0.1) is 0 Å². The van der Waals surface area contributed by atoms with E-state index in [9.17, 15) is 0 Å². The summed E-state index contributed by atoms with van der Waals surface area (Å²) in [7, 11) is 0. The smallest absolute Gasteiger partial charge is 0.00706 e. The molecular weight excluding hydrogens is 184 g/mol. The largest absolute Gasteiger partial charge is 0.312 e. The zero-order valence-corrected chi connectivity index (χ0v) is 10.3. The van der Waals surface area contributed by atoms with Crippen LogP contribution in [0.4, 0.5) is 0 Å². The zero-order chi connectivity index (χ0) is 10.7. The predicted molar refractivity (Wildman–Crippen MR) is 65.1 cm³/mol. The summed E-state index contributed by atoms with van der Waals surface area (Å²) in [5.41, 5.74) is 0. The Labute approximate surface area is 94.4 Å². The van der Waals surface area contributed by atoms with E-state index in [-0.39, 0.29) is 0 Å². The first kappa shape index (κ1) is 11.4. The highest BCUT2D eigenvalue weighted by Crippen LogP contribution is 2.21. The van der Waals surface area contributed by atoms with E-state index in [0.717, 1.165) is 18.1 Å². The van der Waals surface area contributed by atoms with Crippen molar-refractivity contribution in [3.8, 4) is 0 Å². The molecule has 1 N–H and O–H groups in total. The van der Waals surface area contributed by atoms with Crippen molar-refractivity contribution in [2.24, 2.45) is 0 Å². The van der Waals surface area contributed by atoms with E-state index in [1.54, 1.807) is 0 Å². The minimum Gasteiger partial charge on any atom is -0.312 e. The van der Waals surface area contributed by atoms with Gasteiger partial charge >= 0.3 is 0 Å². The Bertz CT molecular complexity index is 183. The van der Waals surface area contributed by atoms with E-state index >= 15 is 0 Å². The maximum absolute atomic E-state index is 3.68. The first-order chi connectivity index (χ1) is 7.25. The monoisotopic (exact) mass is 210 g/mol. The fraction of sp³-hybridized carbons (Fsp3) is 1.00. The molecule has 0 aromatic heterocycles. The second-order valence-corrected chi connectivity index (χ2v) is 5.51. The Kier molecular flexibility index (Phi) is 4.04. The molecule has 0 bridgehead atoms. The van der Waals surface area contributed by atoms with Crippen molar-refractivity contribution in [2.45, 2.75) is 70.5 Å². The molecule has 2 heteroatoms. The third-order valence-electron chi connectivity index (χ3n) is 3.88. The molecule has 2 fully saturated rings. The summed E-state index contributed by atoms with van der Waals surface area (Å²) in [4.78, 5) is 2.66. The maximum Gasteiger partial charge on any atom is 0.00706 e. The van der Waals surface area contributed by atoms with E-state index in [4.69, 9.17) is 0 Å². The van der Waals surface area contributed by atoms with Gasteiger partial charge in [0.25, 0.3) is 0 Å². The van der Waals surface area contributed by atoms with Crippen LogP contribution in [-0.2, 0) is 0 Å². The van der Waals surface area contributed by atoms with Crippen molar-refractivity contribution in [1.29, 1.82) is 0 Å². The highest BCUT2D eigenvalue weighted by Gasteiger charge is 2.23. The van der Waals surface area contributed by atoms with Gasteiger partial charge < -0.3 is 10.2 Å². The molecule has 2 aliphatic rings. The first-order valence-electron chi connectivity index (χ1n) is 6.76. The molecule has 2 atom stereocenters. The molecule has 0 aromatic carbocycles. The van der Waals surface area contributed by atoms with Gasteiger partial charge in [-0.15, -0.1) is 0 Å². The Morgan fingerprint density at radius 3 is 2.40 bits per heavy atom. The van der Waals surface area contributed by atoms with Gasteiger partial charge in [-0.05, 0) is 65.5 Å². The highest BCUT2D eigenvalue weighted by atomic mass is 15.2. The van der Waals surface area contributed by atoms with Crippen LogP contribution >= 0.6 is 0 Å². The van der Waals surface area contributed by atoms with Crippen LogP contribution in [-0.4, -0.2) is 36.1 Å². The zero-order valence-electron chi connectivity index (χ0n) is 10.3. The Morgan fingerprint density at radius 2 is 1.80 bits per heavy atom. The summed E-state index contributed by atoms with van der Waals surface area (Å²) < 4.78 is 0. The highest BCUT2D eigenvalue weighted by molar-refractivity contribution is 4.84. The summed E-state index contributed by atoms with van der Waals surface area (Å²) in [5.74, 6) is 0. The average molecular weight is 210 g/mol. The fourth-order valence-electron chi connectivity index (χ4n) is 2.59. The Balaban J connectivity index is 1.58. The van der Waals surface area contributed by atoms with Crippen LogP contribution in [0.25, 0.3) is 0 Å². The lowest BCUT2D eigenvalue weighted by Crippen LogP contribution is -2.33. The molecule has 0 spiro atoms. The van der Waals surface area contributed by atoms with Gasteiger partial charge in [0.2, 0.25) is 0 Å². The molecular formula is C13H26N2. The van der Waals surface area contributed by atoms with Crippen molar-refractivity contribution in [2.75, 3.05) is 13.1 Å². The van der Waals surface area contributed by atoms with E-state index in [1.807, 2.05) is 0 Å². The quantitative estimate of drug-likeness (QED) is 0.724. The van der Waals surface area contributed by atoms with Gasteiger partial charge in [-0.2, -0.15) is 0 Å². The second-order valence-electron chi connectivity index (χ2n) is 5.51. The molecule has 1 heterocycles. The van der Waals surface area contributed by atoms with Crippen LogP contribution in [0.2, 0.25) is 0 Å². The van der Waals surface area contributed by atoms with Crippen LogP contribution in [0.1, 0.15) is 52.4 Å². The minimum absolute atomic E-state index is 0.725. The van der Waals surface area contributed by atoms with Crippen molar-refractivity contribution >= 4 is 0 Å². The van der Waals surface area contributed by atoms with E-state index in [0.29, 0.717) is 0 Å². The lowest BCUT2D eigenvalue weighted by atomic mass is 10.1. The summed E-state index contributed by atoms with van der Waals surface area (Å²) in [5, 5.41) is 3.68. The van der Waals surface area contributed by atoms with Gasteiger partial charge in [-0.25, -0.2) is 0 Å². The molecule has 88 valence electrons. The molecule has 1 aliphatic carbocycles. The molecule has 1 aliphatic heterocycles. The Morgan fingerprint density at radius 1 is 1.13 bits per heavy atom. The lowest BCUT2D eigenvalue weighted by Gasteiger charge is -2.25. The first-order valence-corrected chi connectivity index (χ1v) is 6.76. The predicted octanol–water partition coefficient (Wildman–Crippen LogP) is 2.39. The number of likely N-dealkylation sites (tertiary alicyclic amines) is 1. The lowest BCUT2D eigenvalue weighted by molar-refractivity contribution is 0.237. The third-order valence-corrected chi connectivity index (χ3v) is 3.88. The van der Waals surface area contributed by atoms with Crippen molar-refractivity contribution in [3.63, 3.8) is 0 Å². The molecule has 2 unspecified atom stereocenters. The summed E-state index contributed by atoms with van der Waals surface area (Å²) in [6.07, 6.45) is 8.35. The SMILES string of the molecule is CC(CCC(C)N1CCCC1)NC1CC1. The van der Waals surface area contributed by atoms with Gasteiger partial charge in [-0.3, -0.25) is 0 Å². The van der Waals surface area contributed by atoms with E-state index in [2.05, 4.69) is 24.1 Å². The number of nitrogens with one attached hydrogen (secondary N) is 1. The summed E-state index contributed by atoms with van der Waals surface area (Å²) >= 11 is 0. The molecule has 2 rings (SSSR count). The number of nitrogens with zero attached hydrogens (tertiary/aromatic N) is 1. The Hall–Kier alpha value is -0.0800. The number of rotatable bonds is 6. The van der Waals surface area contributed by atoms with Crippen molar-refractivity contribution < 1.29 is 0 Å². The van der Waals surface area contributed by atoms with Crippen LogP contribution < -0.4 is 5.32 Å². The van der Waals surface area contributed by atoms with Gasteiger partial charge in [0, 0.05) is 18.1 Å². The standard InChI is InChI=1S/C13H26N2/c1-11(14-13-7-8-13)5-6-12(2)15-9-3-4-10-15/h11-14H,3-10H2,1-2H3. The maximum atomic E-state index is 3.68. The molecule has 0 radical (unpaired) electrons. The van der Waals surface area contributed by atoms with Crippen LogP contribution in [0, 0.1) is 0 Å². The summed E-state index contributed by atoms with van der Waals surface area (Å²) in [6, 6.07) is 2.39. The van der Waals surface area contributed by atoms with Crippen LogP contribution in [0.3, 0.4) is 0 Å². The van der Waals surface area contributed by atoms with E-state index < -0.39 is 0 Å². The van der Waals surface area contributed by atoms with E-state index in [1.165, 1.54) is 51.6 Å². The fourth-order valence-corrected chi connectivity index (χ4v) is 2.59. The number of hydrogen-bond donors (Lipinski definition) is 1. The minimum atomic E-state index is 0.725. The molecule has 1 saturated carbocycles. The van der Waals surface area contributed by atoms with Crippen molar-refractivity contribution in [1.82, 2.24) is 10.2 Å². The summed E-state index contributed by atoms with van der Waals surface area (Å²) in [6.45, 7) is 7.42. The molecule has 0 amide bonds. The average Bonchev–Trinajstić information content (AvgIpc) is 2.86. The second kappa shape index (κ2) is 5.31.